The highest BCUT2D eigenvalue weighted by atomic mass is 14.9. The third kappa shape index (κ3) is 2.14. The average molecular weight is 176 g/mol. The lowest BCUT2D eigenvalue weighted by atomic mass is 10.2. The number of hydrogen-bond acceptors (Lipinski definition) is 2. The molecule has 2 rings (SSSR count). The number of nitrogens with two attached hydrogens (primary N) is 1. The van der Waals surface area contributed by atoms with Gasteiger partial charge in [-0.15, -0.1) is 0 Å². The largest absolute Gasteiger partial charge is 0.399 e. The van der Waals surface area contributed by atoms with Gasteiger partial charge in [-0.25, -0.2) is 0 Å². The number of nitrogens with one attached hydrogen (secondary N) is 1. The summed E-state index contributed by atoms with van der Waals surface area (Å²) in [6, 6.07) is 8.54. The summed E-state index contributed by atoms with van der Waals surface area (Å²) < 4.78 is 0. The van der Waals surface area contributed by atoms with Crippen molar-refractivity contribution in [3.8, 4) is 0 Å². The molecule has 1 saturated carbocycles. The van der Waals surface area contributed by atoms with Crippen LogP contribution in [0.3, 0.4) is 0 Å². The van der Waals surface area contributed by atoms with Crippen LogP contribution in [0.25, 0.3) is 0 Å². The van der Waals surface area contributed by atoms with E-state index in [1.807, 2.05) is 24.3 Å². The van der Waals surface area contributed by atoms with E-state index in [0.717, 1.165) is 11.6 Å². The maximum Gasteiger partial charge on any atom is 0.0343 e. The van der Waals surface area contributed by atoms with Gasteiger partial charge in [0.1, 0.15) is 0 Å². The summed E-state index contributed by atoms with van der Waals surface area (Å²) in [5.74, 6) is 0.887. The van der Waals surface area contributed by atoms with Crippen LogP contribution in [0.1, 0.15) is 19.8 Å². The van der Waals surface area contributed by atoms with E-state index in [9.17, 15) is 0 Å². The van der Waals surface area contributed by atoms with Crippen LogP contribution in [0.5, 0.6) is 0 Å². The van der Waals surface area contributed by atoms with E-state index in [2.05, 4.69) is 12.2 Å². The van der Waals surface area contributed by atoms with Crippen molar-refractivity contribution in [3.63, 3.8) is 0 Å². The number of rotatable bonds is 3. The third-order valence-electron chi connectivity index (χ3n) is 2.63. The second-order valence-electron chi connectivity index (χ2n) is 3.89. The van der Waals surface area contributed by atoms with Crippen LogP contribution in [0.4, 0.5) is 11.4 Å². The molecule has 3 N–H and O–H groups in total. The molecule has 2 heteroatoms. The van der Waals surface area contributed by atoms with Crippen molar-refractivity contribution in [1.29, 1.82) is 0 Å². The summed E-state index contributed by atoms with van der Waals surface area (Å²) >= 11 is 0. The molecule has 1 aromatic rings. The molecule has 1 aliphatic carbocycles. The Morgan fingerprint density at radius 2 is 1.92 bits per heavy atom. The van der Waals surface area contributed by atoms with Gasteiger partial charge in [-0.2, -0.15) is 0 Å². The van der Waals surface area contributed by atoms with Gasteiger partial charge in [0, 0.05) is 17.4 Å². The SMILES string of the molecule is CC(Nc1ccc(N)cc1)C1CC1. The fourth-order valence-electron chi connectivity index (χ4n) is 1.56. The van der Waals surface area contributed by atoms with Crippen LogP contribution >= 0.6 is 0 Å². The number of hydrogen-bond donors (Lipinski definition) is 2. The smallest absolute Gasteiger partial charge is 0.0343 e. The van der Waals surface area contributed by atoms with Crippen LogP contribution in [-0.4, -0.2) is 6.04 Å². The highest BCUT2D eigenvalue weighted by Crippen LogP contribution is 2.33. The second-order valence-corrected chi connectivity index (χ2v) is 3.89. The zero-order chi connectivity index (χ0) is 9.26. The second kappa shape index (κ2) is 3.29. The Labute approximate surface area is 79.1 Å². The Kier molecular flexibility index (Phi) is 2.13. The molecule has 0 aromatic heterocycles. The topological polar surface area (TPSA) is 38.0 Å². The first-order valence-electron chi connectivity index (χ1n) is 4.88. The zero-order valence-corrected chi connectivity index (χ0v) is 7.96. The van der Waals surface area contributed by atoms with E-state index in [0.29, 0.717) is 6.04 Å². The summed E-state index contributed by atoms with van der Waals surface area (Å²) in [7, 11) is 0. The lowest BCUT2D eigenvalue weighted by molar-refractivity contribution is 0.694. The fraction of sp³-hybridized carbons (Fsp3) is 0.455. The minimum atomic E-state index is 0.601. The molecule has 70 valence electrons. The van der Waals surface area contributed by atoms with Crippen molar-refractivity contribution in [1.82, 2.24) is 0 Å². The molecule has 0 bridgehead atoms. The number of nitrogen functional groups attached to an aromatic ring is 1. The van der Waals surface area contributed by atoms with Crippen molar-refractivity contribution in [3.05, 3.63) is 24.3 Å². The van der Waals surface area contributed by atoms with Crippen molar-refractivity contribution in [2.24, 2.45) is 5.92 Å². The Hall–Kier alpha value is -1.18. The van der Waals surface area contributed by atoms with Crippen LogP contribution in [0.2, 0.25) is 0 Å². The summed E-state index contributed by atoms with van der Waals surface area (Å²) in [6.07, 6.45) is 2.76. The molecular weight excluding hydrogens is 160 g/mol. The summed E-state index contributed by atoms with van der Waals surface area (Å²) in [5, 5.41) is 3.48. The minimum absolute atomic E-state index is 0.601. The van der Waals surface area contributed by atoms with Crippen LogP contribution in [0, 0.1) is 5.92 Å². The number of benzene rings is 1. The Bertz CT molecular complexity index is 275. The van der Waals surface area contributed by atoms with E-state index in [4.69, 9.17) is 5.73 Å². The average Bonchev–Trinajstić information content (AvgIpc) is 2.91. The van der Waals surface area contributed by atoms with Crippen LogP contribution in [-0.2, 0) is 0 Å². The minimum Gasteiger partial charge on any atom is -0.399 e. The first-order chi connectivity index (χ1) is 6.25. The van der Waals surface area contributed by atoms with Gasteiger partial charge in [0.05, 0.1) is 0 Å². The molecule has 0 amide bonds. The van der Waals surface area contributed by atoms with E-state index in [1.54, 1.807) is 0 Å². The predicted octanol–water partition coefficient (Wildman–Crippen LogP) is 2.48. The monoisotopic (exact) mass is 176 g/mol. The van der Waals surface area contributed by atoms with Gasteiger partial charge in [-0.3, -0.25) is 0 Å². The van der Waals surface area contributed by atoms with Gasteiger partial charge < -0.3 is 11.1 Å². The Morgan fingerprint density at radius 3 is 2.46 bits per heavy atom. The molecule has 0 heterocycles. The number of anilines is 2. The summed E-state index contributed by atoms with van der Waals surface area (Å²) in [6.45, 7) is 2.24. The van der Waals surface area contributed by atoms with Crippen molar-refractivity contribution in [2.75, 3.05) is 11.1 Å². The lowest BCUT2D eigenvalue weighted by Crippen LogP contribution is -2.16. The Morgan fingerprint density at radius 1 is 1.31 bits per heavy atom. The first kappa shape index (κ1) is 8.42. The molecule has 0 aliphatic heterocycles. The first-order valence-corrected chi connectivity index (χ1v) is 4.88. The van der Waals surface area contributed by atoms with Crippen molar-refractivity contribution in [2.45, 2.75) is 25.8 Å². The van der Waals surface area contributed by atoms with E-state index < -0.39 is 0 Å². The molecular formula is C11H16N2. The molecule has 0 radical (unpaired) electrons. The predicted molar refractivity (Wildman–Crippen MR) is 56.7 cm³/mol. The van der Waals surface area contributed by atoms with Gasteiger partial charge in [0.2, 0.25) is 0 Å². The molecule has 1 atom stereocenters. The standard InChI is InChI=1S/C11H16N2/c1-8(9-2-3-9)13-11-6-4-10(12)5-7-11/h4-9,13H,2-3,12H2,1H3. The normalized spacial score (nSPS) is 18.2. The maximum atomic E-state index is 5.60. The maximum absolute atomic E-state index is 5.60. The molecule has 0 saturated heterocycles. The van der Waals surface area contributed by atoms with Gasteiger partial charge in [-0.05, 0) is 49.9 Å². The van der Waals surface area contributed by atoms with Gasteiger partial charge in [0.15, 0.2) is 0 Å². The van der Waals surface area contributed by atoms with Gasteiger partial charge >= 0.3 is 0 Å². The van der Waals surface area contributed by atoms with Crippen molar-refractivity contribution >= 4 is 11.4 Å². The van der Waals surface area contributed by atoms with Crippen LogP contribution < -0.4 is 11.1 Å². The quantitative estimate of drug-likeness (QED) is 0.694. The molecule has 1 fully saturated rings. The highest BCUT2D eigenvalue weighted by molar-refractivity contribution is 5.51. The molecule has 1 aromatic carbocycles. The lowest BCUT2D eigenvalue weighted by Gasteiger charge is -2.14. The Balaban J connectivity index is 1.96. The fourth-order valence-corrected chi connectivity index (χ4v) is 1.56. The highest BCUT2D eigenvalue weighted by Gasteiger charge is 2.27. The van der Waals surface area contributed by atoms with E-state index in [1.165, 1.54) is 18.5 Å². The van der Waals surface area contributed by atoms with E-state index >= 15 is 0 Å². The third-order valence-corrected chi connectivity index (χ3v) is 2.63. The van der Waals surface area contributed by atoms with E-state index in [-0.39, 0.29) is 0 Å². The zero-order valence-electron chi connectivity index (χ0n) is 7.96. The van der Waals surface area contributed by atoms with Gasteiger partial charge in [-0.1, -0.05) is 0 Å². The van der Waals surface area contributed by atoms with Crippen molar-refractivity contribution < 1.29 is 0 Å². The molecule has 13 heavy (non-hydrogen) atoms. The molecule has 0 spiro atoms. The molecule has 2 nitrogen and oxygen atoms in total. The molecule has 1 unspecified atom stereocenters. The molecule has 1 aliphatic rings. The summed E-state index contributed by atoms with van der Waals surface area (Å²) in [4.78, 5) is 0. The summed E-state index contributed by atoms with van der Waals surface area (Å²) in [5.41, 5.74) is 7.60. The van der Waals surface area contributed by atoms with Crippen LogP contribution in [0.15, 0.2) is 24.3 Å². The van der Waals surface area contributed by atoms with Gasteiger partial charge in [0.25, 0.3) is 0 Å².